The summed E-state index contributed by atoms with van der Waals surface area (Å²) in [7, 11) is 1.57. The number of hydrogen-bond donors (Lipinski definition) is 0. The first-order chi connectivity index (χ1) is 13.6. The van der Waals surface area contributed by atoms with E-state index in [1.807, 2.05) is 12.1 Å². The van der Waals surface area contributed by atoms with Crippen LogP contribution in [0.4, 0.5) is 0 Å². The van der Waals surface area contributed by atoms with Gasteiger partial charge in [-0.3, -0.25) is 4.79 Å². The van der Waals surface area contributed by atoms with Crippen LogP contribution in [0.3, 0.4) is 0 Å². The third-order valence-electron chi connectivity index (χ3n) is 5.91. The summed E-state index contributed by atoms with van der Waals surface area (Å²) in [5, 5.41) is 29.5. The van der Waals surface area contributed by atoms with Gasteiger partial charge in [-0.25, -0.2) is 0 Å². The monoisotopic (exact) mass is 370 g/mol. The van der Waals surface area contributed by atoms with E-state index >= 15 is 0 Å². The predicted octanol–water partition coefficient (Wildman–Crippen LogP) is 2.82. The number of hydrogen-bond acceptors (Lipinski definition) is 6. The minimum Gasteiger partial charge on any atom is -0.497 e. The normalized spacial score (nSPS) is 27.0. The van der Waals surface area contributed by atoms with E-state index in [0.717, 1.165) is 18.4 Å². The Labute approximate surface area is 163 Å². The first-order valence-electron chi connectivity index (χ1n) is 9.17. The largest absolute Gasteiger partial charge is 0.497 e. The number of carbonyl (C=O) groups excluding carboxylic acids is 1. The number of nitriles is 3. The van der Waals surface area contributed by atoms with Crippen LogP contribution in [0.25, 0.3) is 0 Å². The fourth-order valence-electron chi connectivity index (χ4n) is 4.36. The van der Waals surface area contributed by atoms with Crippen molar-refractivity contribution in [1.29, 1.82) is 15.8 Å². The molecular weight excluding hydrogens is 352 g/mol. The molecule has 2 fully saturated rings. The molecular formula is C22H18N4O2. The van der Waals surface area contributed by atoms with Crippen LogP contribution in [0, 0.1) is 45.3 Å². The van der Waals surface area contributed by atoms with Crippen molar-refractivity contribution in [3.05, 3.63) is 53.8 Å². The molecule has 2 heterocycles. The summed E-state index contributed by atoms with van der Waals surface area (Å²) in [6.45, 7) is 0. The number of nitrogens with zero attached hydrogens (tertiary/aromatic N) is 4. The second-order valence-corrected chi connectivity index (χ2v) is 7.41. The van der Waals surface area contributed by atoms with Crippen molar-refractivity contribution in [3.8, 4) is 24.0 Å². The summed E-state index contributed by atoms with van der Waals surface area (Å²) in [6, 6.07) is 12.5. The number of benzene rings is 1. The molecule has 0 unspecified atom stereocenters. The van der Waals surface area contributed by atoms with E-state index in [2.05, 4.69) is 18.2 Å². The maximum atomic E-state index is 13.3. The van der Waals surface area contributed by atoms with E-state index in [1.54, 1.807) is 42.5 Å². The van der Waals surface area contributed by atoms with Crippen molar-refractivity contribution in [2.24, 2.45) is 11.3 Å². The van der Waals surface area contributed by atoms with Gasteiger partial charge in [0.15, 0.2) is 11.2 Å². The lowest BCUT2D eigenvalue weighted by molar-refractivity contribution is -0.124. The lowest BCUT2D eigenvalue weighted by Gasteiger charge is -2.30. The minimum atomic E-state index is -1.43. The molecule has 0 N–H and O–H groups in total. The van der Waals surface area contributed by atoms with Crippen molar-refractivity contribution in [2.45, 2.75) is 30.8 Å². The fraction of sp³-hybridized carbons (Fsp3) is 0.364. The van der Waals surface area contributed by atoms with Crippen LogP contribution in [0.1, 0.15) is 24.3 Å². The third kappa shape index (κ3) is 2.48. The molecule has 0 aromatic heterocycles. The van der Waals surface area contributed by atoms with E-state index in [-0.39, 0.29) is 11.7 Å². The van der Waals surface area contributed by atoms with Gasteiger partial charge in [-0.2, -0.15) is 15.8 Å². The van der Waals surface area contributed by atoms with Gasteiger partial charge in [-0.15, -0.1) is 0 Å². The topological polar surface area (TPSA) is 101 Å². The molecule has 1 aliphatic carbocycles. The Kier molecular flexibility index (Phi) is 4.17. The molecule has 6 heteroatoms. The van der Waals surface area contributed by atoms with Gasteiger partial charge in [0.05, 0.1) is 36.9 Å². The number of ether oxygens (including phenoxy) is 1. The number of carbonyl (C=O) groups is 1. The van der Waals surface area contributed by atoms with Crippen molar-refractivity contribution in [2.75, 3.05) is 7.11 Å². The zero-order chi connectivity index (χ0) is 19.9. The summed E-state index contributed by atoms with van der Waals surface area (Å²) in [4.78, 5) is 15.0. The highest BCUT2D eigenvalue weighted by molar-refractivity contribution is 5.90. The van der Waals surface area contributed by atoms with Crippen LogP contribution in [0.2, 0.25) is 0 Å². The van der Waals surface area contributed by atoms with Crippen LogP contribution in [0.5, 0.6) is 5.75 Å². The quantitative estimate of drug-likeness (QED) is 0.808. The second-order valence-electron chi connectivity index (χ2n) is 7.41. The molecule has 0 amide bonds. The van der Waals surface area contributed by atoms with Gasteiger partial charge in [0.25, 0.3) is 0 Å². The molecule has 1 saturated heterocycles. The highest BCUT2D eigenvalue weighted by atomic mass is 16.5. The van der Waals surface area contributed by atoms with Gasteiger partial charge in [-0.05, 0) is 36.6 Å². The average Bonchev–Trinajstić information content (AvgIpc) is 3.55. The zero-order valence-electron chi connectivity index (χ0n) is 15.4. The van der Waals surface area contributed by atoms with Crippen molar-refractivity contribution in [1.82, 2.24) is 4.90 Å². The van der Waals surface area contributed by atoms with Crippen LogP contribution in [0.15, 0.2) is 48.2 Å². The van der Waals surface area contributed by atoms with Gasteiger partial charge >= 0.3 is 0 Å². The SMILES string of the molecule is COc1ccc([C@@H]2[C@H](C(=O)C3CC3)N3C=C(C#N)C=C[C@@H]3C2(C#N)C#N)cc1. The molecule has 6 nitrogen and oxygen atoms in total. The molecule has 0 bridgehead atoms. The summed E-state index contributed by atoms with van der Waals surface area (Å²) in [5.41, 5.74) is -0.278. The number of Topliss-reactive ketones (excluding diaryl/α,β-unsaturated/α-hetero) is 1. The molecule has 1 saturated carbocycles. The third-order valence-corrected chi connectivity index (χ3v) is 5.91. The van der Waals surface area contributed by atoms with E-state index in [4.69, 9.17) is 4.74 Å². The Morgan fingerprint density at radius 2 is 1.86 bits per heavy atom. The fourth-order valence-corrected chi connectivity index (χ4v) is 4.36. The maximum Gasteiger partial charge on any atom is 0.176 e. The molecule has 1 aromatic carbocycles. The Hall–Kier alpha value is -3.56. The molecule has 3 aliphatic rings. The molecule has 0 radical (unpaired) electrons. The molecule has 4 rings (SSSR count). The van der Waals surface area contributed by atoms with Gasteiger partial charge in [0.2, 0.25) is 0 Å². The Morgan fingerprint density at radius 3 is 2.39 bits per heavy atom. The molecule has 28 heavy (non-hydrogen) atoms. The molecule has 2 aliphatic heterocycles. The van der Waals surface area contributed by atoms with E-state index in [1.165, 1.54) is 0 Å². The highest BCUT2D eigenvalue weighted by Gasteiger charge is 2.63. The van der Waals surface area contributed by atoms with Gasteiger partial charge in [-0.1, -0.05) is 18.2 Å². The van der Waals surface area contributed by atoms with Crippen molar-refractivity contribution in [3.63, 3.8) is 0 Å². The second kappa shape index (κ2) is 6.55. The van der Waals surface area contributed by atoms with Crippen molar-refractivity contribution >= 4 is 5.78 Å². The summed E-state index contributed by atoms with van der Waals surface area (Å²) < 4.78 is 5.22. The van der Waals surface area contributed by atoms with Gasteiger partial charge in [0, 0.05) is 18.0 Å². The Bertz CT molecular complexity index is 985. The smallest absolute Gasteiger partial charge is 0.176 e. The first kappa shape index (κ1) is 17.8. The van der Waals surface area contributed by atoms with Crippen molar-refractivity contribution < 1.29 is 9.53 Å². The summed E-state index contributed by atoms with van der Waals surface area (Å²) in [5.74, 6) is 0.0486. The first-order valence-corrected chi connectivity index (χ1v) is 9.17. The molecule has 1 aromatic rings. The average molecular weight is 370 g/mol. The lowest BCUT2D eigenvalue weighted by atomic mass is 9.69. The number of allylic oxidation sites excluding steroid dienone is 2. The molecule has 0 spiro atoms. The molecule has 3 atom stereocenters. The number of ketones is 1. The van der Waals surface area contributed by atoms with Crippen LogP contribution >= 0.6 is 0 Å². The van der Waals surface area contributed by atoms with Crippen LogP contribution in [-0.2, 0) is 4.79 Å². The zero-order valence-corrected chi connectivity index (χ0v) is 15.4. The standard InChI is InChI=1S/C22H18N4O2/c1-28-17-7-5-15(6-8-17)19-20(21(27)16-3-4-16)26-11-14(10-23)2-9-18(26)22(19,12-24)13-25/h2,5-9,11,16,18-20H,3-4H2,1H3/t18-,19-,20-/m1/s1. The van der Waals surface area contributed by atoms with Crippen LogP contribution in [-0.4, -0.2) is 29.9 Å². The number of methoxy groups -OCH3 is 1. The van der Waals surface area contributed by atoms with Gasteiger partial charge in [0.1, 0.15) is 11.8 Å². The van der Waals surface area contributed by atoms with E-state index < -0.39 is 23.4 Å². The predicted molar refractivity (Wildman–Crippen MR) is 99.4 cm³/mol. The number of fused-ring (bicyclic) bond motifs is 1. The maximum absolute atomic E-state index is 13.3. The Morgan fingerprint density at radius 1 is 1.18 bits per heavy atom. The van der Waals surface area contributed by atoms with E-state index in [9.17, 15) is 20.6 Å². The summed E-state index contributed by atoms with van der Waals surface area (Å²) in [6.07, 6.45) is 6.63. The minimum absolute atomic E-state index is 0.0376. The number of rotatable bonds is 4. The summed E-state index contributed by atoms with van der Waals surface area (Å²) >= 11 is 0. The van der Waals surface area contributed by atoms with E-state index in [0.29, 0.717) is 11.3 Å². The Balaban J connectivity index is 1.90. The lowest BCUT2D eigenvalue weighted by Crippen LogP contribution is -2.40. The van der Waals surface area contributed by atoms with Crippen LogP contribution < -0.4 is 4.74 Å². The molecule has 138 valence electrons. The van der Waals surface area contributed by atoms with Gasteiger partial charge < -0.3 is 9.64 Å². The highest BCUT2D eigenvalue weighted by Crippen LogP contribution is 2.54.